The molecule has 6 nitrogen and oxygen atoms in total. The Labute approximate surface area is 135 Å². The summed E-state index contributed by atoms with van der Waals surface area (Å²) in [6.45, 7) is 5.37. The Morgan fingerprint density at radius 1 is 1.17 bits per heavy atom. The molecule has 0 radical (unpaired) electrons. The number of aryl methyl sites for hydroxylation is 1. The topological polar surface area (TPSA) is 87.1 Å². The number of rotatable bonds is 3. The number of hydrogen-bond acceptors (Lipinski definition) is 4. The molecule has 1 unspecified atom stereocenters. The van der Waals surface area contributed by atoms with Gasteiger partial charge in [-0.2, -0.15) is 0 Å². The maximum Gasteiger partial charge on any atom is 0.503 e. The second-order valence-corrected chi connectivity index (χ2v) is 5.91. The fraction of sp³-hybridized carbons (Fsp3) is 0.529. The molecule has 1 aromatic carbocycles. The molecule has 23 heavy (non-hydrogen) atoms. The minimum absolute atomic E-state index is 0.0980. The van der Waals surface area contributed by atoms with Crippen LogP contribution in [0.5, 0.6) is 0 Å². The normalized spacial score (nSPS) is 25.2. The van der Waals surface area contributed by atoms with E-state index in [1.54, 1.807) is 0 Å². The van der Waals surface area contributed by atoms with Crippen LogP contribution in [0.2, 0.25) is 0 Å². The number of hydrogen-bond donors (Lipinski definition) is 2. The summed E-state index contributed by atoms with van der Waals surface area (Å²) in [6.07, 6.45) is 1.61. The van der Waals surface area contributed by atoms with Crippen LogP contribution in [0.25, 0.3) is 0 Å². The smallest absolute Gasteiger partial charge is 0.457 e. The second-order valence-electron chi connectivity index (χ2n) is 5.91. The Morgan fingerprint density at radius 3 is 2.17 bits per heavy atom. The summed E-state index contributed by atoms with van der Waals surface area (Å²) < 4.78 is 5.70. The molecule has 4 rings (SSSR count). The Balaban J connectivity index is 0.000000433. The van der Waals surface area contributed by atoms with Gasteiger partial charge in [-0.3, -0.25) is 4.90 Å². The predicted octanol–water partition coefficient (Wildman–Crippen LogP) is 2.72. The summed E-state index contributed by atoms with van der Waals surface area (Å²) in [5, 5.41) is 13.9. The molecule has 3 heterocycles. The number of ether oxygens (including phenoxy) is 1. The number of piperidine rings is 3. The maximum absolute atomic E-state index is 12.1. The number of benzene rings is 1. The van der Waals surface area contributed by atoms with Gasteiger partial charge in [-0.05, 0) is 56.0 Å². The first-order valence-corrected chi connectivity index (χ1v) is 7.93. The lowest BCUT2D eigenvalue weighted by Crippen LogP contribution is -2.51. The zero-order valence-electron chi connectivity index (χ0n) is 13.3. The summed E-state index contributed by atoms with van der Waals surface area (Å²) in [5.74, 6) is 0.408. The molecule has 1 aromatic rings. The number of esters is 1. The standard InChI is InChI=1S/C16H21NO2.CH2O3/c1-2-12-3-5-14(6-4-12)16(18)19-15-11-17-9-7-13(15)8-10-17;2-1(3)4/h3-6,13,15H,2,7-11H2,1H3;(H2,2,3,4). The van der Waals surface area contributed by atoms with Gasteiger partial charge in [0.25, 0.3) is 0 Å². The van der Waals surface area contributed by atoms with Crippen molar-refractivity contribution < 1.29 is 24.5 Å². The van der Waals surface area contributed by atoms with Gasteiger partial charge in [0.05, 0.1) is 5.56 Å². The monoisotopic (exact) mass is 321 g/mol. The summed E-state index contributed by atoms with van der Waals surface area (Å²) in [4.78, 5) is 23.1. The van der Waals surface area contributed by atoms with Crippen LogP contribution in [0.3, 0.4) is 0 Å². The van der Waals surface area contributed by atoms with Crippen LogP contribution in [0.15, 0.2) is 24.3 Å². The highest BCUT2D eigenvalue weighted by atomic mass is 16.6. The first kappa shape index (κ1) is 17.3. The van der Waals surface area contributed by atoms with Crippen LogP contribution in [0.1, 0.15) is 35.7 Å². The van der Waals surface area contributed by atoms with E-state index < -0.39 is 6.16 Å². The molecule has 2 bridgehead atoms. The van der Waals surface area contributed by atoms with E-state index in [4.69, 9.17) is 19.7 Å². The predicted molar refractivity (Wildman–Crippen MR) is 84.8 cm³/mol. The van der Waals surface area contributed by atoms with E-state index >= 15 is 0 Å². The number of carbonyl (C=O) groups is 2. The Hall–Kier alpha value is -2.08. The second kappa shape index (κ2) is 7.97. The van der Waals surface area contributed by atoms with Gasteiger partial charge in [0, 0.05) is 6.54 Å². The molecule has 3 aliphatic rings. The molecule has 0 saturated carbocycles. The third-order valence-electron chi connectivity index (χ3n) is 4.45. The molecule has 0 amide bonds. The molecule has 0 spiro atoms. The van der Waals surface area contributed by atoms with Crippen LogP contribution in [-0.2, 0) is 11.2 Å². The van der Waals surface area contributed by atoms with Crippen molar-refractivity contribution >= 4 is 12.1 Å². The molecule has 0 aromatic heterocycles. The van der Waals surface area contributed by atoms with Crippen molar-refractivity contribution in [2.45, 2.75) is 32.3 Å². The van der Waals surface area contributed by atoms with E-state index in [9.17, 15) is 4.79 Å². The zero-order valence-corrected chi connectivity index (χ0v) is 13.3. The van der Waals surface area contributed by atoms with E-state index in [1.807, 2.05) is 24.3 Å². The molecule has 0 aliphatic carbocycles. The molecule has 6 heteroatoms. The maximum atomic E-state index is 12.1. The average Bonchev–Trinajstić information content (AvgIpc) is 2.55. The van der Waals surface area contributed by atoms with Crippen molar-refractivity contribution in [3.8, 4) is 0 Å². The van der Waals surface area contributed by atoms with Crippen LogP contribution in [0, 0.1) is 5.92 Å². The van der Waals surface area contributed by atoms with Crippen LogP contribution >= 0.6 is 0 Å². The minimum atomic E-state index is -1.83. The summed E-state index contributed by atoms with van der Waals surface area (Å²) in [7, 11) is 0. The number of carbonyl (C=O) groups excluding carboxylic acids is 1. The van der Waals surface area contributed by atoms with E-state index in [1.165, 1.54) is 31.5 Å². The van der Waals surface area contributed by atoms with Gasteiger partial charge in [0.15, 0.2) is 0 Å². The lowest BCUT2D eigenvalue weighted by atomic mass is 9.86. The van der Waals surface area contributed by atoms with Crippen molar-refractivity contribution in [2.75, 3.05) is 19.6 Å². The highest BCUT2D eigenvalue weighted by molar-refractivity contribution is 5.89. The van der Waals surface area contributed by atoms with Crippen LogP contribution < -0.4 is 0 Å². The highest BCUT2D eigenvalue weighted by Gasteiger charge is 2.36. The quantitative estimate of drug-likeness (QED) is 0.832. The molecule has 1 atom stereocenters. The largest absolute Gasteiger partial charge is 0.503 e. The van der Waals surface area contributed by atoms with Gasteiger partial charge >= 0.3 is 12.1 Å². The summed E-state index contributed by atoms with van der Waals surface area (Å²) in [6, 6.07) is 7.77. The first-order valence-electron chi connectivity index (χ1n) is 7.93. The Bertz CT molecular complexity index is 530. The van der Waals surface area contributed by atoms with Crippen molar-refractivity contribution in [3.05, 3.63) is 35.4 Å². The van der Waals surface area contributed by atoms with E-state index in [0.29, 0.717) is 11.5 Å². The minimum Gasteiger partial charge on any atom is -0.457 e. The summed E-state index contributed by atoms with van der Waals surface area (Å²) >= 11 is 0. The molecule has 3 aliphatic heterocycles. The molecule has 126 valence electrons. The molecule has 2 N–H and O–H groups in total. The Kier molecular flexibility index (Phi) is 5.98. The molecule has 3 fully saturated rings. The third-order valence-corrected chi connectivity index (χ3v) is 4.45. The summed E-state index contributed by atoms with van der Waals surface area (Å²) in [5.41, 5.74) is 1.92. The van der Waals surface area contributed by atoms with E-state index in [0.717, 1.165) is 13.0 Å². The van der Waals surface area contributed by atoms with Crippen LogP contribution in [0.4, 0.5) is 4.79 Å². The van der Waals surface area contributed by atoms with E-state index in [-0.39, 0.29) is 12.1 Å². The highest BCUT2D eigenvalue weighted by Crippen LogP contribution is 2.30. The van der Waals surface area contributed by atoms with Crippen molar-refractivity contribution in [3.63, 3.8) is 0 Å². The van der Waals surface area contributed by atoms with Gasteiger partial charge in [-0.15, -0.1) is 0 Å². The van der Waals surface area contributed by atoms with Gasteiger partial charge in [0.2, 0.25) is 0 Å². The van der Waals surface area contributed by atoms with Gasteiger partial charge < -0.3 is 14.9 Å². The third kappa shape index (κ3) is 4.96. The molecular weight excluding hydrogens is 298 g/mol. The molecule has 3 saturated heterocycles. The van der Waals surface area contributed by atoms with Crippen molar-refractivity contribution in [1.82, 2.24) is 4.90 Å². The lowest BCUT2D eigenvalue weighted by Gasteiger charge is -2.43. The van der Waals surface area contributed by atoms with Gasteiger partial charge in [-0.25, -0.2) is 9.59 Å². The Morgan fingerprint density at radius 2 is 1.74 bits per heavy atom. The van der Waals surface area contributed by atoms with Gasteiger partial charge in [-0.1, -0.05) is 19.1 Å². The SMILES string of the molecule is CCc1ccc(C(=O)OC2CN3CCC2CC3)cc1.O=C(O)O. The van der Waals surface area contributed by atoms with E-state index in [2.05, 4.69) is 11.8 Å². The average molecular weight is 321 g/mol. The fourth-order valence-electron chi connectivity index (χ4n) is 3.13. The number of nitrogens with zero attached hydrogens (tertiary/aromatic N) is 1. The number of carboxylic acid groups (broad SMARTS) is 2. The lowest BCUT2D eigenvalue weighted by molar-refractivity contribution is -0.0455. The van der Waals surface area contributed by atoms with Gasteiger partial charge in [0.1, 0.15) is 6.10 Å². The van der Waals surface area contributed by atoms with Crippen molar-refractivity contribution in [2.24, 2.45) is 5.92 Å². The number of fused-ring (bicyclic) bond motifs is 3. The van der Waals surface area contributed by atoms with Crippen molar-refractivity contribution in [1.29, 1.82) is 0 Å². The molecular formula is C17H23NO5. The fourth-order valence-corrected chi connectivity index (χ4v) is 3.13. The van der Waals surface area contributed by atoms with Crippen LogP contribution in [-0.4, -0.2) is 53.0 Å². The zero-order chi connectivity index (χ0) is 16.8. The first-order chi connectivity index (χ1) is 11.0.